The van der Waals surface area contributed by atoms with Gasteiger partial charge in [-0.1, -0.05) is 32.0 Å². The molecule has 0 amide bonds. The fraction of sp³-hybridized carbons (Fsp3) is 0.600. The first kappa shape index (κ1) is 15.0. The first-order chi connectivity index (χ1) is 8.61. The summed E-state index contributed by atoms with van der Waals surface area (Å²) in [5, 5.41) is 13.1. The molecule has 0 radical (unpaired) electrons. The molecule has 1 aromatic carbocycles. The van der Waals surface area contributed by atoms with E-state index in [1.807, 2.05) is 25.1 Å². The van der Waals surface area contributed by atoms with Crippen LogP contribution in [0.2, 0.25) is 0 Å². The zero-order valence-electron chi connectivity index (χ0n) is 11.6. The largest absolute Gasteiger partial charge is 0.508 e. The summed E-state index contributed by atoms with van der Waals surface area (Å²) in [6, 6.07) is 7.56. The Kier molecular flexibility index (Phi) is 6.76. The summed E-state index contributed by atoms with van der Waals surface area (Å²) in [7, 11) is 0. The van der Waals surface area contributed by atoms with Crippen LogP contribution in [0.4, 0.5) is 0 Å². The number of ether oxygens (including phenoxy) is 1. The molecule has 0 aliphatic heterocycles. The van der Waals surface area contributed by atoms with Crippen molar-refractivity contribution >= 4 is 0 Å². The fourth-order valence-electron chi connectivity index (χ4n) is 1.73. The number of phenolic OH excluding ortho intramolecular Hbond substituents is 1. The second-order valence-electron chi connectivity index (χ2n) is 5.03. The van der Waals surface area contributed by atoms with Crippen molar-refractivity contribution in [3.05, 3.63) is 29.8 Å². The third-order valence-corrected chi connectivity index (χ3v) is 2.94. The Hall–Kier alpha value is -1.06. The van der Waals surface area contributed by atoms with Crippen LogP contribution in [0.5, 0.6) is 5.75 Å². The van der Waals surface area contributed by atoms with E-state index >= 15 is 0 Å². The lowest BCUT2D eigenvalue weighted by molar-refractivity contribution is 0.123. The summed E-state index contributed by atoms with van der Waals surface area (Å²) in [6.45, 7) is 8.77. The molecule has 0 aromatic heterocycles. The van der Waals surface area contributed by atoms with Crippen LogP contribution in [-0.2, 0) is 4.74 Å². The van der Waals surface area contributed by atoms with Crippen LogP contribution >= 0.6 is 0 Å². The van der Waals surface area contributed by atoms with Crippen LogP contribution in [0.3, 0.4) is 0 Å². The third-order valence-electron chi connectivity index (χ3n) is 2.94. The Bertz CT molecular complexity index is 339. The molecule has 0 bridgehead atoms. The van der Waals surface area contributed by atoms with Gasteiger partial charge < -0.3 is 15.2 Å². The standard InChI is InChI=1S/C15H25NO2/c1-12(2)8-10-18-11-9-16-13(3)14-6-4-5-7-15(14)17/h4-7,12-13,16-17H,8-11H2,1-3H3. The average Bonchev–Trinajstić information content (AvgIpc) is 2.33. The fourth-order valence-corrected chi connectivity index (χ4v) is 1.73. The highest BCUT2D eigenvalue weighted by molar-refractivity contribution is 5.33. The Balaban J connectivity index is 2.18. The zero-order valence-corrected chi connectivity index (χ0v) is 11.6. The van der Waals surface area contributed by atoms with Gasteiger partial charge in [-0.05, 0) is 25.3 Å². The first-order valence-corrected chi connectivity index (χ1v) is 6.70. The number of aromatic hydroxyl groups is 1. The van der Waals surface area contributed by atoms with Gasteiger partial charge in [0.15, 0.2) is 0 Å². The molecule has 0 fully saturated rings. The van der Waals surface area contributed by atoms with E-state index in [1.54, 1.807) is 6.07 Å². The summed E-state index contributed by atoms with van der Waals surface area (Å²) in [5.74, 6) is 1.04. The monoisotopic (exact) mass is 251 g/mol. The Morgan fingerprint density at radius 3 is 2.56 bits per heavy atom. The van der Waals surface area contributed by atoms with E-state index in [9.17, 15) is 5.11 Å². The van der Waals surface area contributed by atoms with Crippen molar-refractivity contribution in [2.75, 3.05) is 19.8 Å². The third kappa shape index (κ3) is 5.52. The van der Waals surface area contributed by atoms with Crippen molar-refractivity contribution in [1.82, 2.24) is 5.32 Å². The van der Waals surface area contributed by atoms with Crippen LogP contribution < -0.4 is 5.32 Å². The van der Waals surface area contributed by atoms with E-state index in [0.717, 1.165) is 25.1 Å². The van der Waals surface area contributed by atoms with Gasteiger partial charge in [0.25, 0.3) is 0 Å². The molecule has 0 saturated heterocycles. The molecule has 18 heavy (non-hydrogen) atoms. The summed E-state index contributed by atoms with van der Waals surface area (Å²) in [5.41, 5.74) is 0.930. The minimum Gasteiger partial charge on any atom is -0.508 e. The van der Waals surface area contributed by atoms with Crippen LogP contribution in [-0.4, -0.2) is 24.9 Å². The minimum absolute atomic E-state index is 0.139. The first-order valence-electron chi connectivity index (χ1n) is 6.70. The Morgan fingerprint density at radius 1 is 1.17 bits per heavy atom. The minimum atomic E-state index is 0.139. The quantitative estimate of drug-likeness (QED) is 0.698. The van der Waals surface area contributed by atoms with E-state index in [2.05, 4.69) is 19.2 Å². The number of hydrogen-bond acceptors (Lipinski definition) is 3. The molecule has 102 valence electrons. The summed E-state index contributed by atoms with van der Waals surface area (Å²) in [6.07, 6.45) is 1.11. The highest BCUT2D eigenvalue weighted by Gasteiger charge is 2.08. The molecule has 0 aliphatic rings. The molecule has 1 rings (SSSR count). The Labute approximate surface area is 110 Å². The van der Waals surface area contributed by atoms with Gasteiger partial charge in [0, 0.05) is 24.8 Å². The van der Waals surface area contributed by atoms with Gasteiger partial charge in [-0.15, -0.1) is 0 Å². The van der Waals surface area contributed by atoms with Crippen molar-refractivity contribution < 1.29 is 9.84 Å². The molecule has 1 aromatic rings. The van der Waals surface area contributed by atoms with Crippen molar-refractivity contribution in [3.8, 4) is 5.75 Å². The molecule has 0 heterocycles. The van der Waals surface area contributed by atoms with Gasteiger partial charge in [-0.25, -0.2) is 0 Å². The van der Waals surface area contributed by atoms with Crippen LogP contribution in [0.25, 0.3) is 0 Å². The highest BCUT2D eigenvalue weighted by Crippen LogP contribution is 2.22. The molecule has 3 heteroatoms. The second kappa shape index (κ2) is 8.11. The molecular formula is C15H25NO2. The molecule has 0 saturated carbocycles. The maximum absolute atomic E-state index is 9.71. The van der Waals surface area contributed by atoms with E-state index in [4.69, 9.17) is 4.74 Å². The van der Waals surface area contributed by atoms with Crippen molar-refractivity contribution in [2.24, 2.45) is 5.92 Å². The summed E-state index contributed by atoms with van der Waals surface area (Å²) >= 11 is 0. The topological polar surface area (TPSA) is 41.5 Å². The maximum atomic E-state index is 9.71. The van der Waals surface area contributed by atoms with Gasteiger partial charge in [0.1, 0.15) is 5.75 Å². The second-order valence-corrected chi connectivity index (χ2v) is 5.03. The molecule has 1 unspecified atom stereocenters. The molecule has 3 nitrogen and oxygen atoms in total. The van der Waals surface area contributed by atoms with E-state index in [0.29, 0.717) is 18.3 Å². The lowest BCUT2D eigenvalue weighted by Gasteiger charge is -2.15. The lowest BCUT2D eigenvalue weighted by atomic mass is 10.1. The predicted octanol–water partition coefficient (Wildman–Crippen LogP) is 3.11. The SMILES string of the molecule is CC(C)CCOCCNC(C)c1ccccc1O. The molecule has 2 N–H and O–H groups in total. The van der Waals surface area contributed by atoms with Crippen LogP contribution in [0.1, 0.15) is 38.8 Å². The number of para-hydroxylation sites is 1. The van der Waals surface area contributed by atoms with Crippen molar-refractivity contribution in [2.45, 2.75) is 33.2 Å². The molecular weight excluding hydrogens is 226 g/mol. The molecule has 0 spiro atoms. The van der Waals surface area contributed by atoms with E-state index < -0.39 is 0 Å². The van der Waals surface area contributed by atoms with E-state index in [-0.39, 0.29) is 6.04 Å². The lowest BCUT2D eigenvalue weighted by Crippen LogP contribution is -2.23. The highest BCUT2D eigenvalue weighted by atomic mass is 16.5. The van der Waals surface area contributed by atoms with E-state index in [1.165, 1.54) is 0 Å². The molecule has 0 aliphatic carbocycles. The van der Waals surface area contributed by atoms with Crippen molar-refractivity contribution in [1.29, 1.82) is 0 Å². The number of nitrogens with one attached hydrogen (secondary N) is 1. The van der Waals surface area contributed by atoms with Crippen LogP contribution in [0, 0.1) is 5.92 Å². The number of rotatable bonds is 8. The van der Waals surface area contributed by atoms with Gasteiger partial charge >= 0.3 is 0 Å². The summed E-state index contributed by atoms with van der Waals surface area (Å²) < 4.78 is 5.54. The van der Waals surface area contributed by atoms with Crippen LogP contribution in [0.15, 0.2) is 24.3 Å². The Morgan fingerprint density at radius 2 is 1.89 bits per heavy atom. The van der Waals surface area contributed by atoms with Crippen molar-refractivity contribution in [3.63, 3.8) is 0 Å². The normalized spacial score (nSPS) is 12.9. The zero-order chi connectivity index (χ0) is 13.4. The number of hydrogen-bond donors (Lipinski definition) is 2. The number of phenols is 1. The van der Waals surface area contributed by atoms with Gasteiger partial charge in [0.2, 0.25) is 0 Å². The average molecular weight is 251 g/mol. The predicted molar refractivity (Wildman–Crippen MR) is 74.8 cm³/mol. The maximum Gasteiger partial charge on any atom is 0.120 e. The van der Waals surface area contributed by atoms with Gasteiger partial charge in [-0.3, -0.25) is 0 Å². The van der Waals surface area contributed by atoms with Gasteiger partial charge in [-0.2, -0.15) is 0 Å². The summed E-state index contributed by atoms with van der Waals surface area (Å²) in [4.78, 5) is 0. The van der Waals surface area contributed by atoms with Gasteiger partial charge in [0.05, 0.1) is 6.61 Å². The smallest absolute Gasteiger partial charge is 0.120 e. The number of benzene rings is 1. The molecule has 1 atom stereocenters.